The third kappa shape index (κ3) is 7.13. The average molecular weight is 392 g/mol. The van der Waals surface area contributed by atoms with Gasteiger partial charge in [0.1, 0.15) is 12.4 Å². The molecular formula is C16H19F3N2O6. The van der Waals surface area contributed by atoms with Gasteiger partial charge in [0.05, 0.1) is 7.11 Å². The summed E-state index contributed by atoms with van der Waals surface area (Å²) in [6, 6.07) is 4.70. The van der Waals surface area contributed by atoms with Crippen molar-refractivity contribution in [2.24, 2.45) is 5.73 Å². The largest absolute Gasteiger partial charge is 0.492 e. The molecule has 0 fully saturated rings. The lowest BCUT2D eigenvalue weighted by molar-refractivity contribution is -0.204. The molecule has 0 aliphatic carbocycles. The Balaban J connectivity index is 0.000000646. The predicted octanol–water partition coefficient (Wildman–Crippen LogP) is 1.17. The normalized spacial score (nSPS) is 15.5. The number of carbonyl (C=O) groups excluding carboxylic acids is 3. The predicted molar refractivity (Wildman–Crippen MR) is 87.0 cm³/mol. The molecule has 1 aliphatic rings. The molecule has 0 radical (unpaired) electrons. The third-order valence-corrected chi connectivity index (χ3v) is 3.19. The van der Waals surface area contributed by atoms with Gasteiger partial charge in [-0.3, -0.25) is 9.59 Å². The van der Waals surface area contributed by atoms with Gasteiger partial charge in [-0.05, 0) is 11.6 Å². The van der Waals surface area contributed by atoms with Gasteiger partial charge < -0.3 is 25.3 Å². The molecule has 8 nitrogen and oxygen atoms in total. The summed E-state index contributed by atoms with van der Waals surface area (Å²) in [5.74, 6) is -2.99. The van der Waals surface area contributed by atoms with Gasteiger partial charge in [-0.25, -0.2) is 4.79 Å². The number of hydrogen-bond donors (Lipinski definition) is 2. The van der Waals surface area contributed by atoms with E-state index in [1.807, 2.05) is 0 Å². The molecule has 3 N–H and O–H groups in total. The number of rotatable bonds is 4. The second-order valence-electron chi connectivity index (χ2n) is 5.24. The Hall–Kier alpha value is -2.82. The van der Waals surface area contributed by atoms with E-state index in [1.54, 1.807) is 12.1 Å². The van der Waals surface area contributed by atoms with Gasteiger partial charge in [-0.15, -0.1) is 0 Å². The van der Waals surface area contributed by atoms with E-state index in [4.69, 9.17) is 10.5 Å². The quantitative estimate of drug-likeness (QED) is 0.739. The summed E-state index contributed by atoms with van der Waals surface area (Å²) in [7, 11) is 1.35. The molecular weight excluding hydrogens is 373 g/mol. The summed E-state index contributed by atoms with van der Waals surface area (Å²) in [5.41, 5.74) is 6.24. The van der Waals surface area contributed by atoms with Crippen molar-refractivity contribution in [3.8, 4) is 5.75 Å². The summed E-state index contributed by atoms with van der Waals surface area (Å²) in [5, 5.41) is 2.39. The van der Waals surface area contributed by atoms with Crippen LogP contribution in [0.3, 0.4) is 0 Å². The van der Waals surface area contributed by atoms with E-state index < -0.39 is 24.2 Å². The Morgan fingerprint density at radius 2 is 1.96 bits per heavy atom. The maximum Gasteiger partial charge on any atom is 0.490 e. The number of nitrogens with one attached hydrogen (secondary N) is 1. The van der Waals surface area contributed by atoms with Crippen molar-refractivity contribution in [1.82, 2.24) is 0 Å². The maximum absolute atomic E-state index is 12.2. The smallest absolute Gasteiger partial charge is 0.490 e. The van der Waals surface area contributed by atoms with Crippen LogP contribution in [0.4, 0.5) is 18.9 Å². The molecule has 0 aromatic heterocycles. The molecule has 1 aromatic carbocycles. The lowest BCUT2D eigenvalue weighted by Gasteiger charge is -2.25. The Morgan fingerprint density at radius 1 is 1.33 bits per heavy atom. The van der Waals surface area contributed by atoms with E-state index in [0.717, 1.165) is 0 Å². The zero-order chi connectivity index (χ0) is 20.6. The Kier molecular flexibility index (Phi) is 8.03. The number of fused-ring (bicyclic) bond motifs is 1. The number of ether oxygens (including phenoxy) is 3. The van der Waals surface area contributed by atoms with Crippen molar-refractivity contribution in [2.45, 2.75) is 25.6 Å². The second-order valence-corrected chi connectivity index (χ2v) is 5.24. The highest BCUT2D eigenvalue weighted by atomic mass is 19.4. The molecule has 1 heterocycles. The molecule has 1 amide bonds. The fraction of sp³-hybridized carbons (Fsp3) is 0.438. The number of nitrogens with two attached hydrogens (primary N) is 1. The molecule has 0 bridgehead atoms. The van der Waals surface area contributed by atoms with Crippen LogP contribution in [0.2, 0.25) is 0 Å². The van der Waals surface area contributed by atoms with Crippen molar-refractivity contribution in [1.29, 1.82) is 0 Å². The summed E-state index contributed by atoms with van der Waals surface area (Å²) in [6.45, 7) is 1.97. The molecule has 11 heteroatoms. The Morgan fingerprint density at radius 3 is 2.48 bits per heavy atom. The number of amides is 1. The molecule has 0 spiro atoms. The van der Waals surface area contributed by atoms with Crippen LogP contribution in [0.25, 0.3) is 0 Å². The number of carbonyl (C=O) groups is 3. The van der Waals surface area contributed by atoms with Crippen molar-refractivity contribution in [3.63, 3.8) is 0 Å². The fourth-order valence-corrected chi connectivity index (χ4v) is 1.91. The van der Waals surface area contributed by atoms with E-state index in [2.05, 4.69) is 14.8 Å². The average Bonchev–Trinajstić information content (AvgIpc) is 2.60. The number of benzene rings is 1. The standard InChI is InChI=1S/C13H13F3N2O4.C3H6O2/c14-13(15,16)12(20)22-10-5-7-1-2-8(21-4-3-17)6-9(7)18-11(10)19;1-3(4)5-2/h1-2,6,10H,3-5,17H2,(H,18,19);1-2H3. The Labute approximate surface area is 152 Å². The SMILES string of the molecule is COC(C)=O.NCCOc1ccc2c(c1)NC(=O)C(OC(=O)C(F)(F)F)C2. The summed E-state index contributed by atoms with van der Waals surface area (Å²) < 4.78 is 50.1. The van der Waals surface area contributed by atoms with Gasteiger partial charge in [0.15, 0.2) is 6.10 Å². The van der Waals surface area contributed by atoms with Crippen molar-refractivity contribution >= 4 is 23.5 Å². The first-order chi connectivity index (χ1) is 12.6. The third-order valence-electron chi connectivity index (χ3n) is 3.19. The molecule has 1 aromatic rings. The van der Waals surface area contributed by atoms with Crippen LogP contribution in [0.1, 0.15) is 12.5 Å². The highest BCUT2D eigenvalue weighted by Crippen LogP contribution is 2.29. The number of esters is 2. The molecule has 150 valence electrons. The number of halogens is 3. The second kappa shape index (κ2) is 9.76. The summed E-state index contributed by atoms with van der Waals surface area (Å²) >= 11 is 0. The van der Waals surface area contributed by atoms with Crippen LogP contribution >= 0.6 is 0 Å². The van der Waals surface area contributed by atoms with Crippen molar-refractivity contribution in [2.75, 3.05) is 25.6 Å². The molecule has 1 atom stereocenters. The van der Waals surface area contributed by atoms with Gasteiger partial charge in [0.25, 0.3) is 5.91 Å². The maximum atomic E-state index is 12.2. The molecule has 1 unspecified atom stereocenters. The molecule has 27 heavy (non-hydrogen) atoms. The highest BCUT2D eigenvalue weighted by Gasteiger charge is 2.44. The Bertz CT molecular complexity index is 693. The fourth-order valence-electron chi connectivity index (χ4n) is 1.91. The van der Waals surface area contributed by atoms with E-state index in [-0.39, 0.29) is 12.4 Å². The number of hydrogen-bond acceptors (Lipinski definition) is 7. The van der Waals surface area contributed by atoms with Crippen molar-refractivity contribution < 1.29 is 41.8 Å². The first-order valence-corrected chi connectivity index (χ1v) is 7.67. The van der Waals surface area contributed by atoms with Gasteiger partial charge in [-0.1, -0.05) is 6.07 Å². The molecule has 1 aliphatic heterocycles. The molecule has 2 rings (SSSR count). The minimum atomic E-state index is -5.14. The monoisotopic (exact) mass is 392 g/mol. The van der Waals surface area contributed by atoms with Crippen LogP contribution in [0.5, 0.6) is 5.75 Å². The number of methoxy groups -OCH3 is 1. The number of alkyl halides is 3. The zero-order valence-corrected chi connectivity index (χ0v) is 14.6. The van der Waals surface area contributed by atoms with E-state index >= 15 is 0 Å². The number of anilines is 1. The minimum absolute atomic E-state index is 0.139. The van der Waals surface area contributed by atoms with Crippen LogP contribution in [0, 0.1) is 0 Å². The topological polar surface area (TPSA) is 117 Å². The van der Waals surface area contributed by atoms with Gasteiger partial charge in [-0.2, -0.15) is 13.2 Å². The van der Waals surface area contributed by atoms with Gasteiger partial charge >= 0.3 is 18.1 Å². The lowest BCUT2D eigenvalue weighted by atomic mass is 10.0. The van der Waals surface area contributed by atoms with E-state index in [9.17, 15) is 27.6 Å². The van der Waals surface area contributed by atoms with E-state index in [1.165, 1.54) is 20.1 Å². The first kappa shape index (κ1) is 22.2. The lowest BCUT2D eigenvalue weighted by Crippen LogP contribution is -2.41. The highest BCUT2D eigenvalue weighted by molar-refractivity contribution is 5.98. The van der Waals surface area contributed by atoms with Crippen molar-refractivity contribution in [3.05, 3.63) is 23.8 Å². The van der Waals surface area contributed by atoms with Crippen LogP contribution < -0.4 is 15.8 Å². The van der Waals surface area contributed by atoms with Gasteiger partial charge in [0.2, 0.25) is 0 Å². The minimum Gasteiger partial charge on any atom is -0.492 e. The zero-order valence-electron chi connectivity index (χ0n) is 14.6. The molecule has 0 saturated heterocycles. The van der Waals surface area contributed by atoms with Crippen LogP contribution in [-0.4, -0.2) is 50.4 Å². The van der Waals surface area contributed by atoms with E-state index in [0.29, 0.717) is 30.2 Å². The van der Waals surface area contributed by atoms with Crippen LogP contribution in [0.15, 0.2) is 18.2 Å². The molecule has 0 saturated carbocycles. The van der Waals surface area contributed by atoms with Crippen LogP contribution in [-0.2, 0) is 30.3 Å². The van der Waals surface area contributed by atoms with Gasteiger partial charge in [0, 0.05) is 31.6 Å². The summed E-state index contributed by atoms with van der Waals surface area (Å²) in [4.78, 5) is 32.1. The summed E-state index contributed by atoms with van der Waals surface area (Å²) in [6.07, 6.45) is -6.79. The first-order valence-electron chi connectivity index (χ1n) is 7.67.